The van der Waals surface area contributed by atoms with E-state index in [1.54, 1.807) is 30.3 Å². The number of aromatic nitrogens is 1. The fraction of sp³-hybridized carbons (Fsp3) is 0.250. The summed E-state index contributed by atoms with van der Waals surface area (Å²) in [5, 5.41) is 2.96. The molecule has 1 heterocycles. The number of benzene rings is 1. The van der Waals surface area contributed by atoms with Crippen molar-refractivity contribution in [1.82, 2.24) is 4.98 Å². The number of hydrogen-bond acceptors (Lipinski definition) is 3. The van der Waals surface area contributed by atoms with E-state index in [0.29, 0.717) is 17.9 Å². The number of carbonyl (C=O) groups is 1. The van der Waals surface area contributed by atoms with Gasteiger partial charge in [0.15, 0.2) is 0 Å². The monoisotopic (exact) mass is 269 g/mol. The van der Waals surface area contributed by atoms with Crippen molar-refractivity contribution in [2.45, 2.75) is 13.8 Å². The maximum atomic E-state index is 12.7. The highest BCUT2D eigenvalue weighted by Crippen LogP contribution is 2.21. The molecule has 0 spiro atoms. The molecule has 4 heteroatoms. The van der Waals surface area contributed by atoms with Gasteiger partial charge in [0.1, 0.15) is 5.82 Å². The Morgan fingerprint density at radius 2 is 2.10 bits per heavy atom. The van der Waals surface area contributed by atoms with Gasteiger partial charge in [0.25, 0.3) is 5.91 Å². The third-order valence-corrected chi connectivity index (χ3v) is 3.15. The molecule has 0 unspecified atom stereocenters. The van der Waals surface area contributed by atoms with Crippen LogP contribution in [0.5, 0.6) is 0 Å². The van der Waals surface area contributed by atoms with Crippen LogP contribution >= 0.6 is 0 Å². The first-order valence-corrected chi connectivity index (χ1v) is 6.68. The summed E-state index contributed by atoms with van der Waals surface area (Å²) in [4.78, 5) is 18.7. The summed E-state index contributed by atoms with van der Waals surface area (Å²) in [6, 6.07) is 11.5. The first-order chi connectivity index (χ1) is 9.67. The smallest absolute Gasteiger partial charge is 0.262 e. The molecule has 0 aliphatic rings. The van der Waals surface area contributed by atoms with Gasteiger partial charge in [0, 0.05) is 25.5 Å². The number of hydrogen-bond donors (Lipinski definition) is 1. The van der Waals surface area contributed by atoms with Gasteiger partial charge in [-0.15, -0.1) is 0 Å². The van der Waals surface area contributed by atoms with E-state index in [-0.39, 0.29) is 5.91 Å². The van der Waals surface area contributed by atoms with Crippen molar-refractivity contribution in [1.29, 1.82) is 0 Å². The standard InChI is InChI=1S/C16H19N3O/c1-4-19(13-8-5-7-12(2)11-13)16(20)14-9-6-10-18-15(14)17-3/h5-11H,4H2,1-3H3,(H,17,18). The maximum absolute atomic E-state index is 12.7. The second-order valence-corrected chi connectivity index (χ2v) is 4.54. The van der Waals surface area contributed by atoms with E-state index >= 15 is 0 Å². The van der Waals surface area contributed by atoms with Gasteiger partial charge in [-0.1, -0.05) is 12.1 Å². The van der Waals surface area contributed by atoms with Crippen LogP contribution in [0.2, 0.25) is 0 Å². The minimum atomic E-state index is -0.0458. The molecule has 1 aromatic carbocycles. The van der Waals surface area contributed by atoms with E-state index in [9.17, 15) is 4.79 Å². The van der Waals surface area contributed by atoms with E-state index < -0.39 is 0 Å². The third kappa shape index (κ3) is 2.79. The highest BCUT2D eigenvalue weighted by Gasteiger charge is 2.19. The van der Waals surface area contributed by atoms with Gasteiger partial charge in [0.05, 0.1) is 5.56 Å². The molecule has 104 valence electrons. The predicted octanol–water partition coefficient (Wildman–Crippen LogP) is 3.10. The zero-order valence-corrected chi connectivity index (χ0v) is 12.1. The first-order valence-electron chi connectivity index (χ1n) is 6.68. The molecule has 0 atom stereocenters. The molecular formula is C16H19N3O. The molecule has 1 N–H and O–H groups in total. The molecule has 0 fully saturated rings. The van der Waals surface area contributed by atoms with Crippen molar-refractivity contribution in [3.8, 4) is 0 Å². The van der Waals surface area contributed by atoms with Gasteiger partial charge in [-0.3, -0.25) is 4.79 Å². The first kappa shape index (κ1) is 14.1. The van der Waals surface area contributed by atoms with E-state index in [2.05, 4.69) is 10.3 Å². The predicted molar refractivity (Wildman–Crippen MR) is 82.3 cm³/mol. The molecule has 0 saturated carbocycles. The van der Waals surface area contributed by atoms with Gasteiger partial charge in [-0.2, -0.15) is 0 Å². The van der Waals surface area contributed by atoms with Crippen molar-refractivity contribution in [2.75, 3.05) is 23.8 Å². The van der Waals surface area contributed by atoms with Gasteiger partial charge in [-0.25, -0.2) is 4.98 Å². The minimum Gasteiger partial charge on any atom is -0.372 e. The van der Waals surface area contributed by atoms with Crippen molar-refractivity contribution in [2.24, 2.45) is 0 Å². The summed E-state index contributed by atoms with van der Waals surface area (Å²) >= 11 is 0. The molecule has 1 aromatic heterocycles. The Morgan fingerprint density at radius 3 is 2.75 bits per heavy atom. The number of amides is 1. The Morgan fingerprint density at radius 1 is 1.30 bits per heavy atom. The second-order valence-electron chi connectivity index (χ2n) is 4.54. The molecule has 0 radical (unpaired) electrons. The number of rotatable bonds is 4. The van der Waals surface area contributed by atoms with Crippen LogP contribution in [0.3, 0.4) is 0 Å². The number of nitrogens with one attached hydrogen (secondary N) is 1. The summed E-state index contributed by atoms with van der Waals surface area (Å²) in [6.07, 6.45) is 1.67. The van der Waals surface area contributed by atoms with Gasteiger partial charge in [0.2, 0.25) is 0 Å². The van der Waals surface area contributed by atoms with Gasteiger partial charge in [-0.05, 0) is 43.7 Å². The van der Waals surface area contributed by atoms with Crippen LogP contribution in [0.25, 0.3) is 0 Å². The van der Waals surface area contributed by atoms with Crippen LogP contribution in [-0.4, -0.2) is 24.5 Å². The SMILES string of the molecule is CCN(C(=O)c1cccnc1NC)c1cccc(C)c1. The Labute approximate surface area is 119 Å². The second kappa shape index (κ2) is 6.19. The summed E-state index contributed by atoms with van der Waals surface area (Å²) < 4.78 is 0. The number of pyridine rings is 1. The molecule has 0 aliphatic heterocycles. The molecule has 0 saturated heterocycles. The summed E-state index contributed by atoms with van der Waals surface area (Å²) in [6.45, 7) is 4.60. The fourth-order valence-corrected chi connectivity index (χ4v) is 2.16. The number of nitrogens with zero attached hydrogens (tertiary/aromatic N) is 2. The van der Waals surface area contributed by atoms with E-state index in [0.717, 1.165) is 11.3 Å². The Balaban J connectivity index is 2.39. The zero-order valence-electron chi connectivity index (χ0n) is 12.1. The van der Waals surface area contributed by atoms with E-state index in [1.165, 1.54) is 0 Å². The lowest BCUT2D eigenvalue weighted by Crippen LogP contribution is -2.31. The molecule has 1 amide bonds. The van der Waals surface area contributed by atoms with Gasteiger partial charge >= 0.3 is 0 Å². The zero-order chi connectivity index (χ0) is 14.5. The van der Waals surface area contributed by atoms with E-state index in [1.807, 2.05) is 38.1 Å². The average molecular weight is 269 g/mol. The molecule has 0 aliphatic carbocycles. The summed E-state index contributed by atoms with van der Waals surface area (Å²) in [5.74, 6) is 0.555. The normalized spacial score (nSPS) is 10.2. The lowest BCUT2D eigenvalue weighted by Gasteiger charge is -2.22. The van der Waals surface area contributed by atoms with Crippen LogP contribution < -0.4 is 10.2 Å². The van der Waals surface area contributed by atoms with Crippen LogP contribution in [0, 0.1) is 6.92 Å². The van der Waals surface area contributed by atoms with Crippen LogP contribution in [0.15, 0.2) is 42.6 Å². The van der Waals surface area contributed by atoms with Crippen LogP contribution in [0.1, 0.15) is 22.8 Å². The van der Waals surface area contributed by atoms with Crippen LogP contribution in [-0.2, 0) is 0 Å². The molecule has 2 rings (SSSR count). The van der Waals surface area contributed by atoms with Crippen molar-refractivity contribution in [3.05, 3.63) is 53.7 Å². The van der Waals surface area contributed by atoms with Crippen molar-refractivity contribution >= 4 is 17.4 Å². The highest BCUT2D eigenvalue weighted by atomic mass is 16.2. The molecule has 0 bridgehead atoms. The molecule has 4 nitrogen and oxygen atoms in total. The maximum Gasteiger partial charge on any atom is 0.262 e. The average Bonchev–Trinajstić information content (AvgIpc) is 2.48. The topological polar surface area (TPSA) is 45.2 Å². The number of carbonyl (C=O) groups excluding carboxylic acids is 1. The number of anilines is 2. The van der Waals surface area contributed by atoms with E-state index in [4.69, 9.17) is 0 Å². The third-order valence-electron chi connectivity index (χ3n) is 3.15. The Kier molecular flexibility index (Phi) is 4.35. The fourth-order valence-electron chi connectivity index (χ4n) is 2.16. The summed E-state index contributed by atoms with van der Waals surface area (Å²) in [7, 11) is 1.77. The largest absolute Gasteiger partial charge is 0.372 e. The molecular weight excluding hydrogens is 250 g/mol. The van der Waals surface area contributed by atoms with Gasteiger partial charge < -0.3 is 10.2 Å². The van der Waals surface area contributed by atoms with Crippen molar-refractivity contribution in [3.63, 3.8) is 0 Å². The quantitative estimate of drug-likeness (QED) is 0.927. The molecule has 20 heavy (non-hydrogen) atoms. The lowest BCUT2D eigenvalue weighted by molar-refractivity contribution is 0.0989. The van der Waals surface area contributed by atoms with Crippen molar-refractivity contribution < 1.29 is 4.79 Å². The van der Waals surface area contributed by atoms with Crippen LogP contribution in [0.4, 0.5) is 11.5 Å². The highest BCUT2D eigenvalue weighted by molar-refractivity contribution is 6.09. The Hall–Kier alpha value is -2.36. The Bertz CT molecular complexity index is 610. The summed E-state index contributed by atoms with van der Waals surface area (Å²) in [5.41, 5.74) is 2.62. The lowest BCUT2D eigenvalue weighted by atomic mass is 10.1. The molecule has 2 aromatic rings. The minimum absolute atomic E-state index is 0.0458. The number of aryl methyl sites for hydroxylation is 1.